The molecule has 2 heterocycles. The molecule has 0 saturated heterocycles. The number of rotatable bonds is 4. The van der Waals surface area contributed by atoms with Gasteiger partial charge in [-0.3, -0.25) is 9.97 Å². The van der Waals surface area contributed by atoms with Crippen LogP contribution in [0.25, 0.3) is 10.9 Å². The maximum atomic E-state index is 4.55. The van der Waals surface area contributed by atoms with Gasteiger partial charge < -0.3 is 5.32 Å². The first-order valence-electron chi connectivity index (χ1n) is 6.98. The lowest BCUT2D eigenvalue weighted by Crippen LogP contribution is -2.23. The zero-order valence-electron chi connectivity index (χ0n) is 11.8. The van der Waals surface area contributed by atoms with E-state index in [-0.39, 0.29) is 6.04 Å². The molecule has 1 unspecified atom stereocenters. The number of benzene rings is 1. The fourth-order valence-corrected chi connectivity index (χ4v) is 2.75. The summed E-state index contributed by atoms with van der Waals surface area (Å²) in [4.78, 5) is 8.99. The molecule has 0 radical (unpaired) electrons. The average Bonchev–Trinajstić information content (AvgIpc) is 2.53. The summed E-state index contributed by atoms with van der Waals surface area (Å²) in [5, 5.41) is 4.68. The van der Waals surface area contributed by atoms with Crippen LogP contribution < -0.4 is 5.32 Å². The van der Waals surface area contributed by atoms with Gasteiger partial charge in [0.2, 0.25) is 0 Å². The Labute approximate surface area is 132 Å². The van der Waals surface area contributed by atoms with Crippen LogP contribution in [0.5, 0.6) is 0 Å². The van der Waals surface area contributed by atoms with E-state index in [1.165, 1.54) is 5.56 Å². The van der Waals surface area contributed by atoms with Crippen LogP contribution in [0.15, 0.2) is 59.3 Å². The second kappa shape index (κ2) is 6.33. The Bertz CT molecular complexity index is 735. The van der Waals surface area contributed by atoms with Crippen LogP contribution >= 0.6 is 15.9 Å². The minimum atomic E-state index is 0.0657. The lowest BCUT2D eigenvalue weighted by atomic mass is 9.98. The van der Waals surface area contributed by atoms with Gasteiger partial charge in [-0.25, -0.2) is 0 Å². The highest BCUT2D eigenvalue weighted by atomic mass is 79.9. The zero-order valence-corrected chi connectivity index (χ0v) is 13.3. The third kappa shape index (κ3) is 2.96. The summed E-state index contributed by atoms with van der Waals surface area (Å²) in [6.07, 6.45) is 3.66. The van der Waals surface area contributed by atoms with Crippen LogP contribution in [-0.4, -0.2) is 16.5 Å². The molecule has 1 atom stereocenters. The fourth-order valence-electron chi connectivity index (χ4n) is 2.51. The summed E-state index contributed by atoms with van der Waals surface area (Å²) in [5.74, 6) is 0. The molecule has 106 valence electrons. The minimum absolute atomic E-state index is 0.0657. The smallest absolute Gasteiger partial charge is 0.0757 e. The molecule has 0 aliphatic rings. The number of nitrogens with zero attached hydrogens (tertiary/aromatic N) is 2. The minimum Gasteiger partial charge on any atom is -0.305 e. The van der Waals surface area contributed by atoms with E-state index in [2.05, 4.69) is 50.3 Å². The van der Waals surface area contributed by atoms with E-state index in [1.807, 2.05) is 42.7 Å². The molecule has 3 aromatic rings. The van der Waals surface area contributed by atoms with Crippen molar-refractivity contribution in [2.75, 3.05) is 6.54 Å². The van der Waals surface area contributed by atoms with E-state index >= 15 is 0 Å². The van der Waals surface area contributed by atoms with Crippen molar-refractivity contribution >= 4 is 26.8 Å². The number of pyridine rings is 2. The Morgan fingerprint density at radius 3 is 2.76 bits per heavy atom. The Hall–Kier alpha value is -1.78. The summed E-state index contributed by atoms with van der Waals surface area (Å²) in [5.41, 5.74) is 3.23. The van der Waals surface area contributed by atoms with Crippen molar-refractivity contribution in [3.8, 4) is 0 Å². The van der Waals surface area contributed by atoms with Gasteiger partial charge in [0, 0.05) is 22.3 Å². The van der Waals surface area contributed by atoms with E-state index in [9.17, 15) is 0 Å². The molecule has 4 heteroatoms. The van der Waals surface area contributed by atoms with E-state index in [0.29, 0.717) is 0 Å². The highest BCUT2D eigenvalue weighted by molar-refractivity contribution is 9.10. The van der Waals surface area contributed by atoms with Crippen molar-refractivity contribution in [3.05, 3.63) is 70.6 Å². The Balaban J connectivity index is 2.13. The lowest BCUT2D eigenvalue weighted by molar-refractivity contribution is 0.619. The van der Waals surface area contributed by atoms with Crippen LogP contribution in [-0.2, 0) is 0 Å². The van der Waals surface area contributed by atoms with E-state index in [4.69, 9.17) is 0 Å². The van der Waals surface area contributed by atoms with Gasteiger partial charge in [0.15, 0.2) is 0 Å². The number of hydrogen-bond acceptors (Lipinski definition) is 3. The van der Waals surface area contributed by atoms with E-state index < -0.39 is 0 Å². The topological polar surface area (TPSA) is 37.8 Å². The molecule has 0 bridgehead atoms. The average molecular weight is 342 g/mol. The number of nitrogens with one attached hydrogen (secondary N) is 1. The zero-order chi connectivity index (χ0) is 14.7. The highest BCUT2D eigenvalue weighted by Gasteiger charge is 2.16. The lowest BCUT2D eigenvalue weighted by Gasteiger charge is -2.19. The van der Waals surface area contributed by atoms with Gasteiger partial charge in [-0.15, -0.1) is 0 Å². The van der Waals surface area contributed by atoms with Gasteiger partial charge in [-0.05, 0) is 52.3 Å². The molecule has 21 heavy (non-hydrogen) atoms. The molecule has 1 N–H and O–H groups in total. The highest BCUT2D eigenvalue weighted by Crippen LogP contribution is 2.27. The number of fused-ring (bicyclic) bond motifs is 1. The van der Waals surface area contributed by atoms with Crippen LogP contribution in [0.1, 0.15) is 24.2 Å². The molecule has 0 spiro atoms. The van der Waals surface area contributed by atoms with Gasteiger partial charge in [0.1, 0.15) is 0 Å². The quantitative estimate of drug-likeness (QED) is 0.776. The van der Waals surface area contributed by atoms with Crippen molar-refractivity contribution in [1.82, 2.24) is 15.3 Å². The van der Waals surface area contributed by atoms with Crippen molar-refractivity contribution in [2.45, 2.75) is 13.0 Å². The molecule has 0 aliphatic carbocycles. The molecule has 0 amide bonds. The van der Waals surface area contributed by atoms with E-state index in [0.717, 1.165) is 27.6 Å². The van der Waals surface area contributed by atoms with Crippen molar-refractivity contribution in [3.63, 3.8) is 0 Å². The molecule has 0 aliphatic heterocycles. The molecule has 0 saturated carbocycles. The monoisotopic (exact) mass is 341 g/mol. The van der Waals surface area contributed by atoms with Crippen LogP contribution in [0.4, 0.5) is 0 Å². The van der Waals surface area contributed by atoms with Gasteiger partial charge in [0.05, 0.1) is 17.3 Å². The first-order chi connectivity index (χ1) is 10.3. The Kier molecular flexibility index (Phi) is 4.27. The normalized spacial score (nSPS) is 12.5. The third-order valence-electron chi connectivity index (χ3n) is 3.44. The fraction of sp³-hybridized carbons (Fsp3) is 0.176. The summed E-state index contributed by atoms with van der Waals surface area (Å²) < 4.78 is 0.987. The van der Waals surface area contributed by atoms with Gasteiger partial charge in [-0.2, -0.15) is 0 Å². The summed E-state index contributed by atoms with van der Waals surface area (Å²) in [7, 11) is 0. The Morgan fingerprint density at radius 1 is 1.10 bits per heavy atom. The van der Waals surface area contributed by atoms with Crippen molar-refractivity contribution < 1.29 is 0 Å². The maximum Gasteiger partial charge on any atom is 0.0757 e. The summed E-state index contributed by atoms with van der Waals surface area (Å²) in [6.45, 7) is 2.98. The number of aromatic nitrogens is 2. The van der Waals surface area contributed by atoms with Gasteiger partial charge in [0.25, 0.3) is 0 Å². The molecule has 1 aromatic carbocycles. The third-order valence-corrected chi connectivity index (χ3v) is 3.91. The SMILES string of the molecule is CCNC(c1ccc(Br)cn1)c1cccc2ncccc12. The molecule has 2 aromatic heterocycles. The predicted molar refractivity (Wildman–Crippen MR) is 89.2 cm³/mol. The van der Waals surface area contributed by atoms with Gasteiger partial charge in [-0.1, -0.05) is 25.1 Å². The largest absolute Gasteiger partial charge is 0.305 e. The van der Waals surface area contributed by atoms with Crippen LogP contribution in [0.3, 0.4) is 0 Å². The van der Waals surface area contributed by atoms with Crippen molar-refractivity contribution in [1.29, 1.82) is 0 Å². The van der Waals surface area contributed by atoms with E-state index in [1.54, 1.807) is 0 Å². The molecular weight excluding hydrogens is 326 g/mol. The van der Waals surface area contributed by atoms with Gasteiger partial charge >= 0.3 is 0 Å². The number of halogens is 1. The van der Waals surface area contributed by atoms with Crippen molar-refractivity contribution in [2.24, 2.45) is 0 Å². The molecule has 0 fully saturated rings. The first-order valence-corrected chi connectivity index (χ1v) is 7.77. The molecule has 3 nitrogen and oxygen atoms in total. The first kappa shape index (κ1) is 14.2. The predicted octanol–water partition coefficient (Wildman–Crippen LogP) is 4.09. The number of hydrogen-bond donors (Lipinski definition) is 1. The summed E-state index contributed by atoms with van der Waals surface area (Å²) >= 11 is 3.44. The second-order valence-corrected chi connectivity index (χ2v) is 5.72. The molecular formula is C17H16BrN3. The maximum absolute atomic E-state index is 4.55. The summed E-state index contributed by atoms with van der Waals surface area (Å²) in [6, 6.07) is 14.5. The Morgan fingerprint density at radius 2 is 2.00 bits per heavy atom. The standard InChI is InChI=1S/C17H16BrN3/c1-2-19-17(16-9-8-12(18)11-21-16)14-5-3-7-15-13(14)6-4-10-20-15/h3-11,17,19H,2H2,1H3. The molecule has 3 rings (SSSR count). The second-order valence-electron chi connectivity index (χ2n) is 4.81. The van der Waals surface area contributed by atoms with Crippen LogP contribution in [0.2, 0.25) is 0 Å². The van der Waals surface area contributed by atoms with Crippen LogP contribution in [0, 0.1) is 0 Å².